The molecule has 0 amide bonds. The number of alkyl halides is 3. The Balaban J connectivity index is 1.78. The van der Waals surface area contributed by atoms with Crippen LogP contribution in [-0.2, 0) is 6.18 Å². The van der Waals surface area contributed by atoms with Crippen molar-refractivity contribution in [2.24, 2.45) is 0 Å². The zero-order valence-electron chi connectivity index (χ0n) is 14.5. The predicted octanol–water partition coefficient (Wildman–Crippen LogP) is 6.62. The van der Waals surface area contributed by atoms with Crippen molar-refractivity contribution in [1.82, 2.24) is 9.97 Å². The van der Waals surface area contributed by atoms with Crippen molar-refractivity contribution in [3.8, 4) is 11.1 Å². The molecule has 0 aliphatic carbocycles. The highest BCUT2D eigenvalue weighted by Gasteiger charge is 2.30. The fraction of sp³-hybridized carbons (Fsp3) is 0.0435. The van der Waals surface area contributed by atoms with E-state index in [4.69, 9.17) is 0 Å². The van der Waals surface area contributed by atoms with Crippen molar-refractivity contribution in [2.75, 3.05) is 0 Å². The van der Waals surface area contributed by atoms with E-state index in [1.54, 1.807) is 12.4 Å². The molecule has 5 rings (SSSR count). The number of benzene rings is 4. The topological polar surface area (TPSA) is 25.8 Å². The van der Waals surface area contributed by atoms with Crippen LogP contribution in [0.3, 0.4) is 0 Å². The molecule has 28 heavy (non-hydrogen) atoms. The van der Waals surface area contributed by atoms with Gasteiger partial charge in [0, 0.05) is 23.2 Å². The second-order valence-electron chi connectivity index (χ2n) is 6.63. The molecular formula is C23H13F3N2. The van der Waals surface area contributed by atoms with E-state index in [-0.39, 0.29) is 0 Å². The molecule has 136 valence electrons. The fourth-order valence-corrected chi connectivity index (χ4v) is 3.66. The van der Waals surface area contributed by atoms with E-state index in [2.05, 4.69) is 9.97 Å². The van der Waals surface area contributed by atoms with Gasteiger partial charge in [-0.3, -0.25) is 9.97 Å². The number of aromatic nitrogens is 2. The molecule has 4 aromatic carbocycles. The molecular weight excluding hydrogens is 361 g/mol. The van der Waals surface area contributed by atoms with Crippen molar-refractivity contribution in [3.63, 3.8) is 0 Å². The maximum absolute atomic E-state index is 12.8. The van der Waals surface area contributed by atoms with E-state index in [0.717, 1.165) is 55.8 Å². The first-order valence-electron chi connectivity index (χ1n) is 8.75. The van der Waals surface area contributed by atoms with Crippen LogP contribution < -0.4 is 0 Å². The van der Waals surface area contributed by atoms with E-state index < -0.39 is 11.7 Å². The molecule has 0 unspecified atom stereocenters. The third-order valence-electron chi connectivity index (χ3n) is 4.99. The van der Waals surface area contributed by atoms with Crippen LogP contribution in [0.5, 0.6) is 0 Å². The second-order valence-corrected chi connectivity index (χ2v) is 6.63. The lowest BCUT2D eigenvalue weighted by Gasteiger charge is -2.11. The molecule has 1 aromatic heterocycles. The number of nitrogens with zero attached hydrogens (tertiary/aromatic N) is 2. The minimum atomic E-state index is -4.34. The highest BCUT2D eigenvalue weighted by Crippen LogP contribution is 2.36. The van der Waals surface area contributed by atoms with Crippen molar-refractivity contribution < 1.29 is 13.2 Å². The molecule has 0 aliphatic heterocycles. The van der Waals surface area contributed by atoms with Gasteiger partial charge in [0.05, 0.1) is 16.6 Å². The number of fused-ring (bicyclic) bond motifs is 6. The van der Waals surface area contributed by atoms with Crippen molar-refractivity contribution in [2.45, 2.75) is 6.18 Å². The van der Waals surface area contributed by atoms with Gasteiger partial charge in [-0.05, 0) is 40.1 Å². The molecule has 0 saturated heterocycles. The minimum absolute atomic E-state index is 0.649. The Morgan fingerprint density at radius 2 is 1.14 bits per heavy atom. The number of hydrogen-bond acceptors (Lipinski definition) is 2. The second kappa shape index (κ2) is 6.02. The molecule has 0 saturated carbocycles. The van der Waals surface area contributed by atoms with Gasteiger partial charge in [0.1, 0.15) is 0 Å². The summed E-state index contributed by atoms with van der Waals surface area (Å²) in [7, 11) is 0. The molecule has 0 spiro atoms. The van der Waals surface area contributed by atoms with Crippen LogP contribution in [0.4, 0.5) is 13.2 Å². The molecule has 5 aromatic rings. The number of rotatable bonds is 1. The van der Waals surface area contributed by atoms with E-state index in [9.17, 15) is 13.2 Å². The fourth-order valence-electron chi connectivity index (χ4n) is 3.66. The van der Waals surface area contributed by atoms with E-state index in [0.29, 0.717) is 0 Å². The Labute approximate surface area is 158 Å². The molecule has 0 aliphatic rings. The molecule has 0 atom stereocenters. The summed E-state index contributed by atoms with van der Waals surface area (Å²) < 4.78 is 38.5. The summed E-state index contributed by atoms with van der Waals surface area (Å²) in [4.78, 5) is 9.02. The summed E-state index contributed by atoms with van der Waals surface area (Å²) in [5, 5.41) is 4.01. The summed E-state index contributed by atoms with van der Waals surface area (Å²) in [6.45, 7) is 0. The quantitative estimate of drug-likeness (QED) is 0.308. The maximum atomic E-state index is 12.8. The number of halogens is 3. The van der Waals surface area contributed by atoms with Crippen LogP contribution in [0.2, 0.25) is 0 Å². The van der Waals surface area contributed by atoms with E-state index in [1.807, 2.05) is 42.5 Å². The first kappa shape index (κ1) is 16.7. The third kappa shape index (κ3) is 2.59. The van der Waals surface area contributed by atoms with Crippen LogP contribution >= 0.6 is 0 Å². The van der Waals surface area contributed by atoms with Crippen LogP contribution in [-0.4, -0.2) is 9.97 Å². The van der Waals surface area contributed by atoms with E-state index >= 15 is 0 Å². The van der Waals surface area contributed by atoms with Gasteiger partial charge in [0.25, 0.3) is 0 Å². The van der Waals surface area contributed by atoms with Crippen molar-refractivity contribution in [3.05, 3.63) is 84.7 Å². The average molecular weight is 374 g/mol. The van der Waals surface area contributed by atoms with Gasteiger partial charge in [0.15, 0.2) is 0 Å². The van der Waals surface area contributed by atoms with Gasteiger partial charge in [-0.25, -0.2) is 0 Å². The van der Waals surface area contributed by atoms with Crippen LogP contribution in [0.25, 0.3) is 43.7 Å². The first-order valence-corrected chi connectivity index (χ1v) is 8.75. The third-order valence-corrected chi connectivity index (χ3v) is 4.99. The lowest BCUT2D eigenvalue weighted by molar-refractivity contribution is -0.137. The molecule has 0 fully saturated rings. The largest absolute Gasteiger partial charge is 0.416 e. The van der Waals surface area contributed by atoms with Gasteiger partial charge in [-0.2, -0.15) is 13.2 Å². The van der Waals surface area contributed by atoms with Crippen molar-refractivity contribution >= 4 is 32.6 Å². The molecule has 0 bridgehead atoms. The highest BCUT2D eigenvalue weighted by atomic mass is 19.4. The minimum Gasteiger partial charge on any atom is -0.252 e. The Hall–Kier alpha value is -3.47. The Morgan fingerprint density at radius 3 is 1.79 bits per heavy atom. The standard InChI is InChI=1S/C23H13F3N2/c24-23(25,26)16-8-5-14(6-9-16)15-7-10-19-20(13-15)17-3-1-2-4-18(17)21-22(19)28-12-11-27-21/h1-13H. The zero-order chi connectivity index (χ0) is 19.3. The van der Waals surface area contributed by atoms with E-state index in [1.165, 1.54) is 12.1 Å². The first-order chi connectivity index (χ1) is 13.5. The summed E-state index contributed by atoms with van der Waals surface area (Å²) >= 11 is 0. The van der Waals surface area contributed by atoms with Gasteiger partial charge in [-0.1, -0.05) is 48.5 Å². The summed E-state index contributed by atoms with van der Waals surface area (Å²) in [5.74, 6) is 0. The van der Waals surface area contributed by atoms with Crippen LogP contribution in [0.1, 0.15) is 5.56 Å². The predicted molar refractivity (Wildman–Crippen MR) is 105 cm³/mol. The number of hydrogen-bond donors (Lipinski definition) is 0. The maximum Gasteiger partial charge on any atom is 0.416 e. The van der Waals surface area contributed by atoms with Crippen LogP contribution in [0, 0.1) is 0 Å². The summed E-state index contributed by atoms with van der Waals surface area (Å²) in [5.41, 5.74) is 2.60. The Morgan fingerprint density at radius 1 is 0.571 bits per heavy atom. The molecule has 0 radical (unpaired) electrons. The monoisotopic (exact) mass is 374 g/mol. The lowest BCUT2D eigenvalue weighted by Crippen LogP contribution is -2.03. The lowest BCUT2D eigenvalue weighted by atomic mass is 9.95. The Bertz CT molecular complexity index is 1300. The van der Waals surface area contributed by atoms with Crippen molar-refractivity contribution in [1.29, 1.82) is 0 Å². The molecule has 2 nitrogen and oxygen atoms in total. The molecule has 1 heterocycles. The SMILES string of the molecule is FC(F)(F)c1ccc(-c2ccc3c(c2)c2ccccc2c2nccnc32)cc1. The smallest absolute Gasteiger partial charge is 0.252 e. The zero-order valence-corrected chi connectivity index (χ0v) is 14.5. The molecule has 5 heteroatoms. The average Bonchev–Trinajstić information content (AvgIpc) is 2.73. The normalized spacial score (nSPS) is 12.1. The van der Waals surface area contributed by atoms with Crippen LogP contribution in [0.15, 0.2) is 79.1 Å². The van der Waals surface area contributed by atoms with Gasteiger partial charge in [0.2, 0.25) is 0 Å². The van der Waals surface area contributed by atoms with Gasteiger partial charge >= 0.3 is 6.18 Å². The highest BCUT2D eigenvalue weighted by molar-refractivity contribution is 6.23. The van der Waals surface area contributed by atoms with Gasteiger partial charge < -0.3 is 0 Å². The Kier molecular flexibility index (Phi) is 3.59. The summed E-state index contributed by atoms with van der Waals surface area (Å²) in [6.07, 6.45) is -0.993. The van der Waals surface area contributed by atoms with Gasteiger partial charge in [-0.15, -0.1) is 0 Å². The molecule has 0 N–H and O–H groups in total. The summed E-state index contributed by atoms with van der Waals surface area (Å²) in [6, 6.07) is 19.1.